The van der Waals surface area contributed by atoms with E-state index in [1.165, 1.54) is 0 Å². The molecule has 0 aliphatic carbocycles. The molecule has 0 aliphatic rings. The largest absolute Gasteiger partial charge is 0.456 e. The van der Waals surface area contributed by atoms with Gasteiger partial charge in [-0.1, -0.05) is 29.8 Å². The number of nitrogens with one attached hydrogen (secondary N) is 2. The van der Waals surface area contributed by atoms with Crippen LogP contribution in [0.25, 0.3) is 10.9 Å². The second-order valence-electron chi connectivity index (χ2n) is 6.15. The fraction of sp³-hybridized carbons (Fsp3) is 0.200. The van der Waals surface area contributed by atoms with Crippen molar-refractivity contribution < 1.29 is 14.3 Å². The second-order valence-corrected chi connectivity index (χ2v) is 6.56. The van der Waals surface area contributed by atoms with Crippen molar-refractivity contribution in [1.82, 2.24) is 9.97 Å². The third-order valence-electron chi connectivity index (χ3n) is 4.13. The minimum absolute atomic E-state index is 0.00917. The molecule has 2 N–H and O–H groups in total. The Balaban J connectivity index is 1.51. The molecule has 0 saturated carbocycles. The maximum Gasteiger partial charge on any atom is 0.306 e. The van der Waals surface area contributed by atoms with Gasteiger partial charge in [-0.05, 0) is 36.8 Å². The predicted molar refractivity (Wildman–Crippen MR) is 106 cm³/mol. The van der Waals surface area contributed by atoms with Crippen LogP contribution < -0.4 is 10.9 Å². The van der Waals surface area contributed by atoms with E-state index in [2.05, 4.69) is 15.3 Å². The highest BCUT2D eigenvalue weighted by atomic mass is 35.5. The van der Waals surface area contributed by atoms with E-state index < -0.39 is 18.5 Å². The van der Waals surface area contributed by atoms with Gasteiger partial charge in [-0.25, -0.2) is 4.98 Å². The van der Waals surface area contributed by atoms with Gasteiger partial charge in [-0.15, -0.1) is 0 Å². The van der Waals surface area contributed by atoms with Gasteiger partial charge in [0.15, 0.2) is 6.61 Å². The Bertz CT molecular complexity index is 1090. The lowest BCUT2D eigenvalue weighted by molar-refractivity contribution is -0.147. The van der Waals surface area contributed by atoms with E-state index >= 15 is 0 Å². The number of hydrogen-bond acceptors (Lipinski definition) is 5. The fourth-order valence-corrected chi connectivity index (χ4v) is 2.80. The van der Waals surface area contributed by atoms with Crippen molar-refractivity contribution in [1.29, 1.82) is 0 Å². The number of esters is 1. The van der Waals surface area contributed by atoms with Crippen LogP contribution in [0.1, 0.15) is 17.8 Å². The van der Waals surface area contributed by atoms with Crippen molar-refractivity contribution in [3.63, 3.8) is 0 Å². The van der Waals surface area contributed by atoms with Crippen molar-refractivity contribution in [2.75, 3.05) is 11.9 Å². The van der Waals surface area contributed by atoms with Gasteiger partial charge in [0, 0.05) is 17.1 Å². The number of H-pyrrole nitrogens is 1. The first-order chi connectivity index (χ1) is 13.4. The number of fused-ring (bicyclic) bond motifs is 1. The number of anilines is 1. The number of aromatic nitrogens is 2. The summed E-state index contributed by atoms with van der Waals surface area (Å²) in [7, 11) is 0. The number of aryl methyl sites for hydroxylation is 1. The van der Waals surface area contributed by atoms with Gasteiger partial charge in [0.05, 0.1) is 17.3 Å². The highest BCUT2D eigenvalue weighted by Gasteiger charge is 2.11. The highest BCUT2D eigenvalue weighted by Crippen LogP contribution is 2.22. The van der Waals surface area contributed by atoms with Gasteiger partial charge in [0.2, 0.25) is 0 Å². The Morgan fingerprint density at radius 2 is 1.96 bits per heavy atom. The Morgan fingerprint density at radius 3 is 2.79 bits per heavy atom. The SMILES string of the molecule is Cc1c(Cl)cccc1NC(=O)COC(=O)CCc1nc2ccccc2c(=O)[nH]1. The number of benzene rings is 2. The fourth-order valence-electron chi connectivity index (χ4n) is 2.62. The molecule has 0 unspecified atom stereocenters. The minimum Gasteiger partial charge on any atom is -0.456 e. The van der Waals surface area contributed by atoms with Crippen molar-refractivity contribution >= 4 is 40.1 Å². The zero-order valence-electron chi connectivity index (χ0n) is 15.1. The van der Waals surface area contributed by atoms with E-state index in [1.54, 1.807) is 49.4 Å². The van der Waals surface area contributed by atoms with Gasteiger partial charge in [-0.2, -0.15) is 0 Å². The normalized spacial score (nSPS) is 10.6. The summed E-state index contributed by atoms with van der Waals surface area (Å²) in [6.45, 7) is 1.37. The van der Waals surface area contributed by atoms with Crippen LogP contribution in [0.15, 0.2) is 47.3 Å². The van der Waals surface area contributed by atoms with Gasteiger partial charge in [0.1, 0.15) is 5.82 Å². The molecule has 0 aliphatic heterocycles. The molecular formula is C20H18ClN3O4. The lowest BCUT2D eigenvalue weighted by Crippen LogP contribution is -2.21. The topological polar surface area (TPSA) is 101 Å². The van der Waals surface area contributed by atoms with Gasteiger partial charge in [-0.3, -0.25) is 14.4 Å². The molecule has 144 valence electrons. The summed E-state index contributed by atoms with van der Waals surface area (Å²) in [6, 6.07) is 12.1. The lowest BCUT2D eigenvalue weighted by atomic mass is 10.2. The first-order valence-corrected chi connectivity index (χ1v) is 9.00. The second kappa shape index (κ2) is 8.67. The summed E-state index contributed by atoms with van der Waals surface area (Å²) >= 11 is 6.00. The molecule has 0 fully saturated rings. The summed E-state index contributed by atoms with van der Waals surface area (Å²) < 4.78 is 4.98. The Morgan fingerprint density at radius 1 is 1.18 bits per heavy atom. The molecule has 1 amide bonds. The first-order valence-electron chi connectivity index (χ1n) is 8.62. The predicted octanol–water partition coefficient (Wildman–Crippen LogP) is 3.00. The van der Waals surface area contributed by atoms with Crippen LogP contribution in [0.4, 0.5) is 5.69 Å². The summed E-state index contributed by atoms with van der Waals surface area (Å²) in [5, 5.41) is 3.67. The molecule has 1 heterocycles. The lowest BCUT2D eigenvalue weighted by Gasteiger charge is -2.10. The standard InChI is InChI=1S/C20H18ClN3O4/c1-12-14(21)6-4-8-15(12)23-18(25)11-28-19(26)10-9-17-22-16-7-3-2-5-13(16)20(27)24-17/h2-8H,9-11H2,1H3,(H,23,25)(H,22,24,27). The molecule has 0 saturated heterocycles. The molecule has 7 nitrogen and oxygen atoms in total. The summed E-state index contributed by atoms with van der Waals surface area (Å²) in [5.74, 6) is -0.635. The van der Waals surface area contributed by atoms with Crippen molar-refractivity contribution in [2.24, 2.45) is 0 Å². The number of amides is 1. The van der Waals surface area contributed by atoms with Crippen LogP contribution in [0.2, 0.25) is 5.02 Å². The number of halogens is 1. The third-order valence-corrected chi connectivity index (χ3v) is 4.54. The van der Waals surface area contributed by atoms with E-state index in [4.69, 9.17) is 16.3 Å². The van der Waals surface area contributed by atoms with Crippen LogP contribution >= 0.6 is 11.6 Å². The Labute approximate surface area is 165 Å². The number of aromatic amines is 1. The van der Waals surface area contributed by atoms with E-state index in [9.17, 15) is 14.4 Å². The first kappa shape index (κ1) is 19.6. The van der Waals surface area contributed by atoms with E-state index in [0.717, 1.165) is 5.56 Å². The van der Waals surface area contributed by atoms with Crippen LogP contribution in [0, 0.1) is 6.92 Å². The molecule has 3 rings (SSSR count). The average Bonchev–Trinajstić information content (AvgIpc) is 2.68. The molecule has 1 aromatic heterocycles. The summed E-state index contributed by atoms with van der Waals surface area (Å²) in [6.07, 6.45) is 0.193. The Kier molecular flexibility index (Phi) is 6.06. The quantitative estimate of drug-likeness (QED) is 0.620. The van der Waals surface area contributed by atoms with Crippen LogP contribution in [0.3, 0.4) is 0 Å². The molecule has 28 heavy (non-hydrogen) atoms. The number of para-hydroxylation sites is 1. The van der Waals surface area contributed by atoms with Crippen LogP contribution in [0.5, 0.6) is 0 Å². The minimum atomic E-state index is -0.561. The van der Waals surface area contributed by atoms with Gasteiger partial charge in [0.25, 0.3) is 11.5 Å². The van der Waals surface area contributed by atoms with Crippen LogP contribution in [-0.2, 0) is 20.7 Å². The third kappa shape index (κ3) is 4.75. The summed E-state index contributed by atoms with van der Waals surface area (Å²) in [4.78, 5) is 42.8. The number of nitrogens with zero attached hydrogens (tertiary/aromatic N) is 1. The number of rotatable bonds is 6. The molecule has 0 atom stereocenters. The molecule has 0 bridgehead atoms. The summed E-state index contributed by atoms with van der Waals surface area (Å²) in [5.41, 5.74) is 1.60. The average molecular weight is 400 g/mol. The van der Waals surface area contributed by atoms with Crippen molar-refractivity contribution in [3.8, 4) is 0 Å². The molecule has 8 heteroatoms. The van der Waals surface area contributed by atoms with Gasteiger partial charge < -0.3 is 15.0 Å². The van der Waals surface area contributed by atoms with Gasteiger partial charge >= 0.3 is 5.97 Å². The molecule has 0 radical (unpaired) electrons. The zero-order valence-corrected chi connectivity index (χ0v) is 15.9. The van der Waals surface area contributed by atoms with E-state index in [1.807, 2.05) is 0 Å². The van der Waals surface area contributed by atoms with Crippen molar-refractivity contribution in [2.45, 2.75) is 19.8 Å². The molecule has 3 aromatic rings. The van der Waals surface area contributed by atoms with E-state index in [0.29, 0.717) is 27.4 Å². The maximum atomic E-state index is 12.0. The molecule has 2 aromatic carbocycles. The Hall–Kier alpha value is -3.19. The van der Waals surface area contributed by atoms with E-state index in [-0.39, 0.29) is 18.4 Å². The number of ether oxygens (including phenoxy) is 1. The zero-order chi connectivity index (χ0) is 20.1. The molecule has 0 spiro atoms. The maximum absolute atomic E-state index is 12.0. The number of carbonyl (C=O) groups is 2. The molecular weight excluding hydrogens is 382 g/mol. The van der Waals surface area contributed by atoms with Crippen molar-refractivity contribution in [3.05, 3.63) is 69.2 Å². The number of hydrogen-bond donors (Lipinski definition) is 2. The number of carbonyl (C=O) groups excluding carboxylic acids is 2. The van der Waals surface area contributed by atoms with Crippen LogP contribution in [-0.4, -0.2) is 28.5 Å². The monoisotopic (exact) mass is 399 g/mol. The smallest absolute Gasteiger partial charge is 0.306 e. The highest BCUT2D eigenvalue weighted by molar-refractivity contribution is 6.31.